The van der Waals surface area contributed by atoms with E-state index >= 15 is 0 Å². The second-order valence-electron chi connectivity index (χ2n) is 3.58. The number of fused-ring (bicyclic) bond motifs is 3. The fourth-order valence-electron chi connectivity index (χ4n) is 2.20. The first kappa shape index (κ1) is 7.13. The molecule has 1 aromatic carbocycles. The molecule has 0 spiro atoms. The Labute approximate surface area is 77.9 Å². The summed E-state index contributed by atoms with van der Waals surface area (Å²) in [6, 6.07) is 8.66. The van der Waals surface area contributed by atoms with Crippen LogP contribution in [-0.2, 0) is 6.42 Å². The molecule has 1 aromatic rings. The van der Waals surface area contributed by atoms with Crippen LogP contribution in [-0.4, -0.2) is 18.9 Å². The highest BCUT2D eigenvalue weighted by Gasteiger charge is 2.24. The zero-order chi connectivity index (χ0) is 8.67. The maximum absolute atomic E-state index is 4.50. The van der Waals surface area contributed by atoms with Gasteiger partial charge in [-0.3, -0.25) is 4.99 Å². The standard InChI is InChI=1S/C11H12N2/c1-2-4-10-9(3-1)5-6-11-12-7-8-13(10)11/h1-4H,5-8H2. The predicted molar refractivity (Wildman–Crippen MR) is 54.4 cm³/mol. The van der Waals surface area contributed by atoms with Gasteiger partial charge >= 0.3 is 0 Å². The molecular weight excluding hydrogens is 160 g/mol. The molecule has 3 rings (SSSR count). The lowest BCUT2D eigenvalue weighted by atomic mass is 10.0. The van der Waals surface area contributed by atoms with E-state index in [2.05, 4.69) is 34.2 Å². The van der Waals surface area contributed by atoms with Gasteiger partial charge in [-0.2, -0.15) is 0 Å². The molecule has 0 radical (unpaired) electrons. The van der Waals surface area contributed by atoms with Gasteiger partial charge in [0.1, 0.15) is 5.84 Å². The van der Waals surface area contributed by atoms with E-state index in [1.54, 1.807) is 0 Å². The van der Waals surface area contributed by atoms with Gasteiger partial charge < -0.3 is 4.90 Å². The first-order valence-electron chi connectivity index (χ1n) is 4.84. The number of benzene rings is 1. The summed E-state index contributed by atoms with van der Waals surface area (Å²) in [5.74, 6) is 1.29. The second-order valence-corrected chi connectivity index (χ2v) is 3.58. The van der Waals surface area contributed by atoms with Gasteiger partial charge in [-0.05, 0) is 18.1 Å². The molecule has 0 saturated heterocycles. The van der Waals surface area contributed by atoms with E-state index in [1.165, 1.54) is 17.1 Å². The highest BCUT2D eigenvalue weighted by molar-refractivity contribution is 6.01. The van der Waals surface area contributed by atoms with Crippen LogP contribution in [0.5, 0.6) is 0 Å². The van der Waals surface area contributed by atoms with Crippen LogP contribution in [0.15, 0.2) is 29.3 Å². The number of aryl methyl sites for hydroxylation is 1. The molecule has 0 fully saturated rings. The molecule has 0 atom stereocenters. The third-order valence-corrected chi connectivity index (χ3v) is 2.83. The van der Waals surface area contributed by atoms with Crippen molar-refractivity contribution in [1.82, 2.24) is 0 Å². The maximum atomic E-state index is 4.50. The monoisotopic (exact) mass is 172 g/mol. The van der Waals surface area contributed by atoms with E-state index in [-0.39, 0.29) is 0 Å². The van der Waals surface area contributed by atoms with Crippen LogP contribution in [0.2, 0.25) is 0 Å². The molecule has 2 heteroatoms. The minimum Gasteiger partial charge on any atom is -0.328 e. The van der Waals surface area contributed by atoms with Crippen molar-refractivity contribution in [3.05, 3.63) is 29.8 Å². The Balaban J connectivity index is 2.12. The number of amidine groups is 1. The lowest BCUT2D eigenvalue weighted by molar-refractivity contribution is 0.940. The molecule has 13 heavy (non-hydrogen) atoms. The minimum absolute atomic E-state index is 0.976. The molecule has 2 aliphatic rings. The number of aliphatic imine (C=N–C) groups is 1. The third kappa shape index (κ3) is 0.981. The van der Waals surface area contributed by atoms with Crippen LogP contribution >= 0.6 is 0 Å². The van der Waals surface area contributed by atoms with Crippen molar-refractivity contribution in [2.45, 2.75) is 12.8 Å². The largest absolute Gasteiger partial charge is 0.328 e. The zero-order valence-electron chi connectivity index (χ0n) is 7.53. The van der Waals surface area contributed by atoms with E-state index in [0.717, 1.165) is 25.9 Å². The molecule has 0 bridgehead atoms. The zero-order valence-corrected chi connectivity index (χ0v) is 7.53. The summed E-state index contributed by atoms with van der Waals surface area (Å²) in [4.78, 5) is 6.86. The van der Waals surface area contributed by atoms with Gasteiger partial charge in [-0.15, -0.1) is 0 Å². The summed E-state index contributed by atoms with van der Waals surface area (Å²) in [7, 11) is 0. The molecule has 66 valence electrons. The molecular formula is C11H12N2. The fraction of sp³-hybridized carbons (Fsp3) is 0.364. The van der Waals surface area contributed by atoms with Gasteiger partial charge in [0.2, 0.25) is 0 Å². The predicted octanol–water partition coefficient (Wildman–Crippen LogP) is 1.85. The van der Waals surface area contributed by atoms with E-state index in [0.29, 0.717) is 0 Å². The van der Waals surface area contributed by atoms with Gasteiger partial charge in [0.25, 0.3) is 0 Å². The fourth-order valence-corrected chi connectivity index (χ4v) is 2.20. The Morgan fingerprint density at radius 2 is 2.08 bits per heavy atom. The van der Waals surface area contributed by atoms with Crippen LogP contribution in [0.4, 0.5) is 5.69 Å². The average molecular weight is 172 g/mol. The van der Waals surface area contributed by atoms with Crippen molar-refractivity contribution in [3.8, 4) is 0 Å². The Morgan fingerprint density at radius 1 is 1.15 bits per heavy atom. The van der Waals surface area contributed by atoms with Crippen LogP contribution in [0, 0.1) is 0 Å². The quantitative estimate of drug-likeness (QED) is 0.583. The Morgan fingerprint density at radius 3 is 3.08 bits per heavy atom. The molecule has 2 heterocycles. The van der Waals surface area contributed by atoms with Crippen molar-refractivity contribution in [2.75, 3.05) is 18.0 Å². The van der Waals surface area contributed by atoms with Gasteiger partial charge in [0.15, 0.2) is 0 Å². The summed E-state index contributed by atoms with van der Waals surface area (Å²) in [5, 5.41) is 0. The topological polar surface area (TPSA) is 15.6 Å². The van der Waals surface area contributed by atoms with Crippen LogP contribution in [0.1, 0.15) is 12.0 Å². The summed E-state index contributed by atoms with van der Waals surface area (Å²) in [6.45, 7) is 2.05. The molecule has 0 amide bonds. The molecule has 0 saturated carbocycles. The van der Waals surface area contributed by atoms with Crippen molar-refractivity contribution < 1.29 is 0 Å². The number of rotatable bonds is 0. The van der Waals surface area contributed by atoms with E-state index in [9.17, 15) is 0 Å². The maximum Gasteiger partial charge on any atom is 0.104 e. The number of hydrogen-bond acceptors (Lipinski definition) is 2. The van der Waals surface area contributed by atoms with Crippen molar-refractivity contribution in [2.24, 2.45) is 4.99 Å². The van der Waals surface area contributed by atoms with Gasteiger partial charge in [-0.1, -0.05) is 18.2 Å². The number of hydrogen-bond donors (Lipinski definition) is 0. The van der Waals surface area contributed by atoms with Crippen LogP contribution in [0.3, 0.4) is 0 Å². The van der Waals surface area contributed by atoms with E-state index in [4.69, 9.17) is 0 Å². The second kappa shape index (κ2) is 2.59. The van der Waals surface area contributed by atoms with Gasteiger partial charge in [0, 0.05) is 18.7 Å². The summed E-state index contributed by atoms with van der Waals surface area (Å²) in [6.07, 6.45) is 2.28. The first-order valence-corrected chi connectivity index (χ1v) is 4.84. The average Bonchev–Trinajstić information content (AvgIpc) is 2.65. The van der Waals surface area contributed by atoms with Crippen LogP contribution in [0.25, 0.3) is 0 Å². The molecule has 0 N–H and O–H groups in total. The SMILES string of the molecule is c1ccc2c(c1)CCC1=NCCN12. The lowest BCUT2D eigenvalue weighted by Crippen LogP contribution is -2.31. The summed E-state index contributed by atoms with van der Waals surface area (Å²) >= 11 is 0. The van der Waals surface area contributed by atoms with Gasteiger partial charge in [-0.25, -0.2) is 0 Å². The summed E-state index contributed by atoms with van der Waals surface area (Å²) in [5.41, 5.74) is 2.85. The Bertz CT molecular complexity index is 368. The molecule has 0 unspecified atom stereocenters. The lowest BCUT2D eigenvalue weighted by Gasteiger charge is -2.27. The van der Waals surface area contributed by atoms with Gasteiger partial charge in [0.05, 0.1) is 6.54 Å². The Hall–Kier alpha value is -1.31. The molecule has 0 aliphatic carbocycles. The van der Waals surface area contributed by atoms with Crippen molar-refractivity contribution in [3.63, 3.8) is 0 Å². The highest BCUT2D eigenvalue weighted by atomic mass is 15.2. The third-order valence-electron chi connectivity index (χ3n) is 2.83. The molecule has 2 aliphatic heterocycles. The van der Waals surface area contributed by atoms with E-state index < -0.39 is 0 Å². The number of anilines is 1. The Kier molecular flexibility index (Phi) is 1.42. The van der Waals surface area contributed by atoms with Crippen molar-refractivity contribution >= 4 is 11.5 Å². The highest BCUT2D eigenvalue weighted by Crippen LogP contribution is 2.29. The van der Waals surface area contributed by atoms with Crippen LogP contribution < -0.4 is 4.90 Å². The first-order chi connectivity index (χ1) is 6.45. The summed E-state index contributed by atoms with van der Waals surface area (Å²) < 4.78 is 0. The number of nitrogens with zero attached hydrogens (tertiary/aromatic N) is 2. The normalized spacial score (nSPS) is 19.4. The molecule has 0 aromatic heterocycles. The smallest absolute Gasteiger partial charge is 0.104 e. The number of para-hydroxylation sites is 1. The minimum atomic E-state index is 0.976. The van der Waals surface area contributed by atoms with Crippen molar-refractivity contribution in [1.29, 1.82) is 0 Å². The van der Waals surface area contributed by atoms with E-state index in [1.807, 2.05) is 0 Å². The molecule has 2 nitrogen and oxygen atoms in total.